The van der Waals surface area contributed by atoms with Crippen LogP contribution in [0.2, 0.25) is 0 Å². The van der Waals surface area contributed by atoms with Crippen LogP contribution in [0.15, 0.2) is 24.3 Å². The van der Waals surface area contributed by atoms with Crippen LogP contribution in [0.5, 0.6) is 0 Å². The van der Waals surface area contributed by atoms with Gasteiger partial charge in [0, 0.05) is 10.00 Å². The topological polar surface area (TPSA) is 0 Å². The molecule has 0 radical (unpaired) electrons. The molecule has 50 valence electrons. The molecule has 1 aliphatic carbocycles. The second-order valence-corrected chi connectivity index (χ2v) is 3.93. The van der Waals surface area contributed by atoms with Crippen molar-refractivity contribution in [2.24, 2.45) is 0 Å². The fraction of sp³-hybridized carbons (Fsp3) is 0.429. The van der Waals surface area contributed by atoms with E-state index in [2.05, 4.69) is 25.3 Å². The fourth-order valence-electron chi connectivity index (χ4n) is 0.713. The van der Waals surface area contributed by atoms with Gasteiger partial charge < -0.3 is 0 Å². The summed E-state index contributed by atoms with van der Waals surface area (Å²) in [6, 6.07) is 0. The summed E-state index contributed by atoms with van der Waals surface area (Å²) in [5.41, 5.74) is 0. The van der Waals surface area contributed by atoms with E-state index in [-0.39, 0.29) is 10.00 Å². The lowest BCUT2D eigenvalue weighted by Gasteiger charge is -2.25. The SMILES string of the molecule is CC1(S)C=CC=CC1S. The lowest BCUT2D eigenvalue weighted by atomic mass is 10.0. The average molecular weight is 158 g/mol. The summed E-state index contributed by atoms with van der Waals surface area (Å²) in [6.45, 7) is 2.05. The second-order valence-electron chi connectivity index (χ2n) is 2.41. The molecule has 0 nitrogen and oxygen atoms in total. The fourth-order valence-corrected chi connectivity index (χ4v) is 1.07. The Balaban J connectivity index is 2.78. The number of thiol groups is 2. The molecule has 2 heteroatoms. The lowest BCUT2D eigenvalue weighted by molar-refractivity contribution is 0.826. The summed E-state index contributed by atoms with van der Waals surface area (Å²) in [4.78, 5) is 0. The summed E-state index contributed by atoms with van der Waals surface area (Å²) in [5, 5.41) is 0.242. The van der Waals surface area contributed by atoms with Gasteiger partial charge in [0.15, 0.2) is 0 Å². The van der Waals surface area contributed by atoms with Gasteiger partial charge in [0.1, 0.15) is 0 Å². The predicted molar refractivity (Wildman–Crippen MR) is 48.4 cm³/mol. The molecule has 1 aliphatic rings. The summed E-state index contributed by atoms with van der Waals surface area (Å²) < 4.78 is -0.0716. The zero-order valence-electron chi connectivity index (χ0n) is 5.28. The minimum absolute atomic E-state index is 0.0716. The molecule has 2 unspecified atom stereocenters. The quantitative estimate of drug-likeness (QED) is 0.496. The maximum absolute atomic E-state index is 4.40. The van der Waals surface area contributed by atoms with Gasteiger partial charge >= 0.3 is 0 Å². The maximum atomic E-state index is 4.40. The smallest absolute Gasteiger partial charge is 0.0434 e. The molecule has 0 amide bonds. The first-order chi connectivity index (χ1) is 4.13. The number of rotatable bonds is 0. The molecule has 0 saturated heterocycles. The normalized spacial score (nSPS) is 41.4. The van der Waals surface area contributed by atoms with E-state index in [9.17, 15) is 0 Å². The van der Waals surface area contributed by atoms with E-state index in [0.29, 0.717) is 0 Å². The molecule has 1 rings (SSSR count). The standard InChI is InChI=1S/C7H10S2/c1-7(9)5-3-2-4-6(7)8/h2-6,8-9H,1H3. The Bertz CT molecular complexity index is 156. The Morgan fingerprint density at radius 1 is 1.44 bits per heavy atom. The van der Waals surface area contributed by atoms with Crippen molar-refractivity contribution in [3.63, 3.8) is 0 Å². The highest BCUT2D eigenvalue weighted by Crippen LogP contribution is 2.28. The Hall–Kier alpha value is 0.180. The van der Waals surface area contributed by atoms with Crippen molar-refractivity contribution in [3.05, 3.63) is 24.3 Å². The highest BCUT2D eigenvalue weighted by molar-refractivity contribution is 7.86. The monoisotopic (exact) mass is 158 g/mol. The predicted octanol–water partition coefficient (Wildman–Crippen LogP) is 2.10. The van der Waals surface area contributed by atoms with Crippen LogP contribution in [-0.2, 0) is 0 Å². The van der Waals surface area contributed by atoms with Crippen LogP contribution in [0.4, 0.5) is 0 Å². The van der Waals surface area contributed by atoms with Gasteiger partial charge in [0.2, 0.25) is 0 Å². The average Bonchev–Trinajstić information content (AvgIpc) is 1.77. The van der Waals surface area contributed by atoms with Crippen molar-refractivity contribution in [3.8, 4) is 0 Å². The third-order valence-electron chi connectivity index (χ3n) is 1.44. The van der Waals surface area contributed by atoms with Gasteiger partial charge in [0.05, 0.1) is 0 Å². The molecule has 0 saturated carbocycles. The molecule has 9 heavy (non-hydrogen) atoms. The highest BCUT2D eigenvalue weighted by Gasteiger charge is 2.23. The van der Waals surface area contributed by atoms with E-state index in [0.717, 1.165) is 0 Å². The number of hydrogen-bond acceptors (Lipinski definition) is 2. The molecule has 0 aromatic rings. The molecule has 0 aliphatic heterocycles. The first-order valence-corrected chi connectivity index (χ1v) is 3.86. The minimum Gasteiger partial charge on any atom is -0.170 e. The van der Waals surface area contributed by atoms with Gasteiger partial charge in [-0.3, -0.25) is 0 Å². The molecule has 2 atom stereocenters. The van der Waals surface area contributed by atoms with Gasteiger partial charge in [-0.1, -0.05) is 24.3 Å². The Kier molecular flexibility index (Phi) is 1.97. The van der Waals surface area contributed by atoms with Gasteiger partial charge in [-0.2, -0.15) is 25.3 Å². The lowest BCUT2D eigenvalue weighted by Crippen LogP contribution is -2.26. The number of hydrogen-bond donors (Lipinski definition) is 2. The third kappa shape index (κ3) is 1.55. The molecular formula is C7H10S2. The molecular weight excluding hydrogens is 148 g/mol. The molecule has 0 aromatic carbocycles. The van der Waals surface area contributed by atoms with Crippen molar-refractivity contribution < 1.29 is 0 Å². The van der Waals surface area contributed by atoms with Crippen LogP contribution >= 0.6 is 25.3 Å². The zero-order valence-corrected chi connectivity index (χ0v) is 7.07. The van der Waals surface area contributed by atoms with Crippen LogP contribution in [0.3, 0.4) is 0 Å². The first-order valence-electron chi connectivity index (χ1n) is 2.89. The van der Waals surface area contributed by atoms with E-state index in [1.54, 1.807) is 0 Å². The van der Waals surface area contributed by atoms with E-state index >= 15 is 0 Å². The Labute approximate surface area is 66.9 Å². The Morgan fingerprint density at radius 2 is 2.11 bits per heavy atom. The van der Waals surface area contributed by atoms with Gasteiger partial charge in [-0.05, 0) is 6.92 Å². The van der Waals surface area contributed by atoms with Crippen molar-refractivity contribution in [1.29, 1.82) is 0 Å². The second kappa shape index (κ2) is 2.43. The van der Waals surface area contributed by atoms with Crippen molar-refractivity contribution in [2.45, 2.75) is 16.9 Å². The van der Waals surface area contributed by atoms with E-state index in [4.69, 9.17) is 0 Å². The molecule has 0 N–H and O–H groups in total. The van der Waals surface area contributed by atoms with E-state index < -0.39 is 0 Å². The van der Waals surface area contributed by atoms with Crippen LogP contribution in [0.1, 0.15) is 6.92 Å². The summed E-state index contributed by atoms with van der Waals surface area (Å²) >= 11 is 8.73. The van der Waals surface area contributed by atoms with Crippen molar-refractivity contribution in [2.75, 3.05) is 0 Å². The molecule has 0 heterocycles. The van der Waals surface area contributed by atoms with Crippen LogP contribution in [0, 0.1) is 0 Å². The molecule has 0 aromatic heterocycles. The molecule has 0 spiro atoms. The van der Waals surface area contributed by atoms with Crippen molar-refractivity contribution in [1.82, 2.24) is 0 Å². The summed E-state index contributed by atoms with van der Waals surface area (Å²) in [7, 11) is 0. The van der Waals surface area contributed by atoms with Crippen LogP contribution in [-0.4, -0.2) is 10.00 Å². The highest BCUT2D eigenvalue weighted by atomic mass is 32.1. The zero-order chi connectivity index (χ0) is 6.91. The minimum atomic E-state index is -0.0716. The molecule has 0 bridgehead atoms. The first kappa shape index (κ1) is 7.29. The van der Waals surface area contributed by atoms with Gasteiger partial charge in [-0.15, -0.1) is 0 Å². The van der Waals surface area contributed by atoms with Crippen LogP contribution in [0.25, 0.3) is 0 Å². The van der Waals surface area contributed by atoms with E-state index in [1.165, 1.54) is 0 Å². The Morgan fingerprint density at radius 3 is 2.44 bits per heavy atom. The van der Waals surface area contributed by atoms with Crippen LogP contribution < -0.4 is 0 Å². The number of allylic oxidation sites excluding steroid dienone is 2. The van der Waals surface area contributed by atoms with Crippen molar-refractivity contribution >= 4 is 25.3 Å². The van der Waals surface area contributed by atoms with Gasteiger partial charge in [0.25, 0.3) is 0 Å². The maximum Gasteiger partial charge on any atom is 0.0434 e. The third-order valence-corrected chi connectivity index (χ3v) is 2.78. The largest absolute Gasteiger partial charge is 0.170 e. The summed E-state index contributed by atoms with van der Waals surface area (Å²) in [6.07, 6.45) is 8.08. The summed E-state index contributed by atoms with van der Waals surface area (Å²) in [5.74, 6) is 0. The van der Waals surface area contributed by atoms with Gasteiger partial charge in [-0.25, -0.2) is 0 Å². The molecule has 0 fully saturated rings. The van der Waals surface area contributed by atoms with E-state index in [1.807, 2.05) is 31.2 Å².